The van der Waals surface area contributed by atoms with Gasteiger partial charge in [0.05, 0.1) is 10.6 Å². The van der Waals surface area contributed by atoms with Crippen LogP contribution in [0.1, 0.15) is 26.3 Å². The molecule has 0 aliphatic carbocycles. The van der Waals surface area contributed by atoms with Gasteiger partial charge >= 0.3 is 0 Å². The second-order valence-corrected chi connectivity index (χ2v) is 11.6. The highest BCUT2D eigenvalue weighted by Gasteiger charge is 2.33. The first-order valence-corrected chi connectivity index (χ1v) is 14.0. The number of carbonyl (C=O) groups is 2. The summed E-state index contributed by atoms with van der Waals surface area (Å²) in [5, 5.41) is 3.08. The fourth-order valence-electron chi connectivity index (χ4n) is 3.73. The molecule has 7 nitrogen and oxygen atoms in total. The van der Waals surface area contributed by atoms with E-state index >= 15 is 0 Å². The molecule has 2 amide bonds. The maximum atomic E-state index is 14.5. The van der Waals surface area contributed by atoms with E-state index in [1.807, 2.05) is 0 Å². The Kier molecular flexibility index (Phi) is 9.76. The summed E-state index contributed by atoms with van der Waals surface area (Å²) in [6, 6.07) is 16.4. The molecule has 0 unspecified atom stereocenters. The number of nitrogens with one attached hydrogen (secondary N) is 1. The van der Waals surface area contributed by atoms with Gasteiger partial charge in [0.25, 0.3) is 10.0 Å². The van der Waals surface area contributed by atoms with Crippen LogP contribution in [0.25, 0.3) is 0 Å². The summed E-state index contributed by atoms with van der Waals surface area (Å²) >= 11 is 12.3. The molecule has 0 aromatic heterocycles. The molecule has 202 valence electrons. The summed E-state index contributed by atoms with van der Waals surface area (Å²) in [6.07, 6.45) is 0. The van der Waals surface area contributed by atoms with Crippen molar-refractivity contribution in [2.24, 2.45) is 0 Å². The van der Waals surface area contributed by atoms with Crippen molar-refractivity contribution >= 4 is 50.7 Å². The zero-order chi connectivity index (χ0) is 28.0. The van der Waals surface area contributed by atoms with Gasteiger partial charge in [0.15, 0.2) is 0 Å². The van der Waals surface area contributed by atoms with E-state index < -0.39 is 40.2 Å². The van der Waals surface area contributed by atoms with Gasteiger partial charge < -0.3 is 10.2 Å². The first kappa shape index (κ1) is 29.4. The van der Waals surface area contributed by atoms with E-state index in [4.69, 9.17) is 23.2 Å². The van der Waals surface area contributed by atoms with E-state index in [-0.39, 0.29) is 38.8 Å². The third kappa shape index (κ3) is 7.24. The van der Waals surface area contributed by atoms with Crippen molar-refractivity contribution in [1.82, 2.24) is 10.2 Å². The summed E-state index contributed by atoms with van der Waals surface area (Å²) in [6.45, 7) is 4.09. The third-order valence-corrected chi connectivity index (χ3v) is 7.87. The summed E-state index contributed by atoms with van der Waals surface area (Å²) < 4.78 is 42.8. The summed E-state index contributed by atoms with van der Waals surface area (Å²) in [7, 11) is -4.27. The highest BCUT2D eigenvalue weighted by Crippen LogP contribution is 2.30. The average Bonchev–Trinajstić information content (AvgIpc) is 2.85. The molecule has 11 heteroatoms. The first-order chi connectivity index (χ1) is 17.9. The lowest BCUT2D eigenvalue weighted by Gasteiger charge is -2.32. The van der Waals surface area contributed by atoms with Gasteiger partial charge in [-0.15, -0.1) is 0 Å². The Morgan fingerprint density at radius 3 is 2.08 bits per heavy atom. The van der Waals surface area contributed by atoms with Crippen LogP contribution in [0.2, 0.25) is 10.0 Å². The number of hydrogen-bond donors (Lipinski definition) is 1. The van der Waals surface area contributed by atoms with E-state index in [9.17, 15) is 22.4 Å². The van der Waals surface area contributed by atoms with Gasteiger partial charge in [-0.1, -0.05) is 59.6 Å². The lowest BCUT2D eigenvalue weighted by molar-refractivity contribution is -0.139. The van der Waals surface area contributed by atoms with E-state index in [0.717, 1.165) is 9.21 Å². The fraction of sp³-hybridized carbons (Fsp3) is 0.259. The Morgan fingerprint density at radius 1 is 0.921 bits per heavy atom. The number of anilines is 1. The number of halogens is 3. The predicted molar refractivity (Wildman–Crippen MR) is 147 cm³/mol. The second kappa shape index (κ2) is 12.6. The zero-order valence-electron chi connectivity index (χ0n) is 21.1. The lowest BCUT2D eigenvalue weighted by atomic mass is 10.1. The molecule has 3 aromatic rings. The van der Waals surface area contributed by atoms with E-state index in [1.165, 1.54) is 55.5 Å². The molecule has 0 fully saturated rings. The minimum absolute atomic E-state index is 0.0600. The van der Waals surface area contributed by atoms with Crippen LogP contribution in [-0.2, 0) is 26.2 Å². The fourth-order valence-corrected chi connectivity index (χ4v) is 5.66. The standard InChI is InChI=1S/C27H28Cl2FN3O4S/c1-18(2)31-27(35)19(3)32(16-20-9-7-8-12-25(20)30)26(34)17-33(23-14-21(28)13-22(29)15-23)38(36,37)24-10-5-4-6-11-24/h4-15,18-19H,16-17H2,1-3H3,(H,31,35)/t19-/m0/s1. The zero-order valence-corrected chi connectivity index (χ0v) is 23.4. The van der Waals surface area contributed by atoms with E-state index in [0.29, 0.717) is 0 Å². The van der Waals surface area contributed by atoms with Crippen LogP contribution in [0, 0.1) is 5.82 Å². The summed E-state index contributed by atoms with van der Waals surface area (Å²) in [5.41, 5.74) is 0.234. The maximum absolute atomic E-state index is 14.5. The second-order valence-electron chi connectivity index (χ2n) is 8.90. The summed E-state index contributed by atoms with van der Waals surface area (Å²) in [5.74, 6) is -1.75. The van der Waals surface area contributed by atoms with Gasteiger partial charge in [-0.05, 0) is 57.2 Å². The van der Waals surface area contributed by atoms with Crippen LogP contribution >= 0.6 is 23.2 Å². The Bertz CT molecular complexity index is 1380. The lowest BCUT2D eigenvalue weighted by Crippen LogP contribution is -2.52. The minimum Gasteiger partial charge on any atom is -0.352 e. The molecular weight excluding hydrogens is 552 g/mol. The van der Waals surface area contributed by atoms with Crippen molar-refractivity contribution in [3.05, 3.63) is 94.2 Å². The molecule has 3 rings (SSSR count). The molecule has 1 atom stereocenters. The average molecular weight is 581 g/mol. The van der Waals surface area contributed by atoms with Crippen LogP contribution in [-0.4, -0.2) is 43.8 Å². The Labute approximate surface area is 232 Å². The first-order valence-electron chi connectivity index (χ1n) is 11.8. The van der Waals surface area contributed by atoms with Gasteiger partial charge in [-0.3, -0.25) is 13.9 Å². The Morgan fingerprint density at radius 2 is 1.50 bits per heavy atom. The number of carbonyl (C=O) groups excluding carboxylic acids is 2. The van der Waals surface area contributed by atoms with Gasteiger partial charge in [0.1, 0.15) is 18.4 Å². The quantitative estimate of drug-likeness (QED) is 0.354. The van der Waals surface area contributed by atoms with Crippen LogP contribution < -0.4 is 9.62 Å². The molecule has 0 heterocycles. The predicted octanol–water partition coefficient (Wildman–Crippen LogP) is 5.27. The molecule has 0 radical (unpaired) electrons. The largest absolute Gasteiger partial charge is 0.352 e. The number of benzene rings is 3. The van der Waals surface area contributed by atoms with E-state index in [1.54, 1.807) is 38.1 Å². The molecule has 0 aliphatic rings. The Hall–Kier alpha value is -3.14. The number of rotatable bonds is 10. The van der Waals surface area contributed by atoms with E-state index in [2.05, 4.69) is 5.32 Å². The molecule has 0 aliphatic heterocycles. The van der Waals surface area contributed by atoms with Gasteiger partial charge in [0.2, 0.25) is 11.8 Å². The number of hydrogen-bond acceptors (Lipinski definition) is 4. The van der Waals surface area contributed by atoms with Gasteiger partial charge in [-0.25, -0.2) is 12.8 Å². The van der Waals surface area contributed by atoms with Crippen molar-refractivity contribution in [3.8, 4) is 0 Å². The van der Waals surface area contributed by atoms with Crippen LogP contribution in [0.5, 0.6) is 0 Å². The molecule has 1 N–H and O–H groups in total. The monoisotopic (exact) mass is 579 g/mol. The van der Waals surface area contributed by atoms with Crippen molar-refractivity contribution in [3.63, 3.8) is 0 Å². The SMILES string of the molecule is CC(C)NC(=O)[C@H](C)N(Cc1ccccc1F)C(=O)CN(c1cc(Cl)cc(Cl)c1)S(=O)(=O)c1ccccc1. The van der Waals surface area contributed by atoms with Crippen LogP contribution in [0.15, 0.2) is 77.7 Å². The van der Waals surface area contributed by atoms with Crippen molar-refractivity contribution in [1.29, 1.82) is 0 Å². The number of amides is 2. The molecule has 38 heavy (non-hydrogen) atoms. The van der Waals surface area contributed by atoms with Gasteiger partial charge in [0, 0.05) is 28.2 Å². The molecule has 0 saturated carbocycles. The minimum atomic E-state index is -4.27. The molecular formula is C27H28Cl2FN3O4S. The normalized spacial score (nSPS) is 12.2. The molecule has 0 bridgehead atoms. The van der Waals surface area contributed by atoms with Crippen molar-refractivity contribution in [2.45, 2.75) is 44.3 Å². The maximum Gasteiger partial charge on any atom is 0.264 e. The Balaban J connectivity index is 2.07. The van der Waals surface area contributed by atoms with Crippen LogP contribution in [0.3, 0.4) is 0 Å². The van der Waals surface area contributed by atoms with Crippen molar-refractivity contribution < 1.29 is 22.4 Å². The highest BCUT2D eigenvalue weighted by molar-refractivity contribution is 7.92. The van der Waals surface area contributed by atoms with Crippen LogP contribution in [0.4, 0.5) is 10.1 Å². The molecule has 0 saturated heterocycles. The number of sulfonamides is 1. The topological polar surface area (TPSA) is 86.8 Å². The number of nitrogens with zero attached hydrogens (tertiary/aromatic N) is 2. The van der Waals surface area contributed by atoms with Crippen molar-refractivity contribution in [2.75, 3.05) is 10.8 Å². The molecule has 0 spiro atoms. The smallest absolute Gasteiger partial charge is 0.264 e. The third-order valence-electron chi connectivity index (χ3n) is 5.64. The van der Waals surface area contributed by atoms with Gasteiger partial charge in [-0.2, -0.15) is 0 Å². The molecule has 3 aromatic carbocycles. The highest BCUT2D eigenvalue weighted by atomic mass is 35.5. The summed E-state index contributed by atoms with van der Waals surface area (Å²) in [4.78, 5) is 27.7.